The van der Waals surface area contributed by atoms with E-state index in [2.05, 4.69) is 15.9 Å². The number of rotatable bonds is 2. The van der Waals surface area contributed by atoms with Crippen molar-refractivity contribution in [2.24, 2.45) is 0 Å². The first-order valence-corrected chi connectivity index (χ1v) is 5.16. The lowest BCUT2D eigenvalue weighted by Crippen LogP contribution is -2.04. The zero-order valence-corrected chi connectivity index (χ0v) is 9.82. The quantitative estimate of drug-likeness (QED) is 0.743. The minimum atomic E-state index is -0.546. The van der Waals surface area contributed by atoms with E-state index in [1.54, 1.807) is 0 Å². The summed E-state index contributed by atoms with van der Waals surface area (Å²) in [6.07, 6.45) is 0. The SMILES string of the molecule is CC(=O)C(Cl)c1c(C)cccc1Br. The third-order valence-electron chi connectivity index (χ3n) is 1.88. The average molecular weight is 262 g/mol. The fourth-order valence-electron chi connectivity index (χ4n) is 1.17. The Hall–Kier alpha value is -0.340. The number of Topliss-reactive ketones (excluding diaryl/α,β-unsaturated/α-hetero) is 1. The number of ketones is 1. The van der Waals surface area contributed by atoms with Crippen LogP contribution in [-0.2, 0) is 4.79 Å². The van der Waals surface area contributed by atoms with Gasteiger partial charge in [0.15, 0.2) is 5.78 Å². The Bertz CT molecular complexity index is 315. The van der Waals surface area contributed by atoms with Crippen molar-refractivity contribution in [1.29, 1.82) is 0 Å². The molecule has 0 heterocycles. The zero-order valence-electron chi connectivity index (χ0n) is 7.47. The molecule has 0 aliphatic heterocycles. The van der Waals surface area contributed by atoms with Gasteiger partial charge in [-0.1, -0.05) is 28.1 Å². The van der Waals surface area contributed by atoms with E-state index in [9.17, 15) is 4.79 Å². The molecule has 0 aromatic heterocycles. The third-order valence-corrected chi connectivity index (χ3v) is 3.10. The summed E-state index contributed by atoms with van der Waals surface area (Å²) < 4.78 is 0.891. The van der Waals surface area contributed by atoms with Gasteiger partial charge in [-0.2, -0.15) is 0 Å². The molecular weight excluding hydrogens is 251 g/mol. The summed E-state index contributed by atoms with van der Waals surface area (Å²) in [7, 11) is 0. The standard InChI is InChI=1S/C10H10BrClO/c1-6-4-3-5-8(11)9(6)10(12)7(2)13/h3-5,10H,1-2H3. The van der Waals surface area contributed by atoms with Crippen molar-refractivity contribution in [2.75, 3.05) is 0 Å². The molecule has 1 nitrogen and oxygen atoms in total. The summed E-state index contributed by atoms with van der Waals surface area (Å²) in [4.78, 5) is 11.1. The van der Waals surface area contributed by atoms with Gasteiger partial charge in [-0.15, -0.1) is 11.6 Å². The fraction of sp³-hybridized carbons (Fsp3) is 0.300. The van der Waals surface area contributed by atoms with E-state index in [0.717, 1.165) is 15.6 Å². The largest absolute Gasteiger partial charge is 0.298 e. The Morgan fingerprint density at radius 2 is 2.15 bits per heavy atom. The van der Waals surface area contributed by atoms with Crippen LogP contribution >= 0.6 is 27.5 Å². The van der Waals surface area contributed by atoms with Crippen LogP contribution in [0.15, 0.2) is 22.7 Å². The smallest absolute Gasteiger partial charge is 0.152 e. The highest BCUT2D eigenvalue weighted by Gasteiger charge is 2.17. The van der Waals surface area contributed by atoms with E-state index in [1.165, 1.54) is 6.92 Å². The molecule has 0 saturated heterocycles. The van der Waals surface area contributed by atoms with Crippen LogP contribution in [0, 0.1) is 6.92 Å². The second-order valence-corrected chi connectivity index (χ2v) is 4.23. The van der Waals surface area contributed by atoms with Crippen LogP contribution in [0.4, 0.5) is 0 Å². The zero-order chi connectivity index (χ0) is 10.0. The number of carbonyl (C=O) groups excluding carboxylic acids is 1. The predicted molar refractivity (Wildman–Crippen MR) is 58.2 cm³/mol. The highest BCUT2D eigenvalue weighted by Crippen LogP contribution is 2.31. The molecule has 0 saturated carbocycles. The molecule has 3 heteroatoms. The van der Waals surface area contributed by atoms with Crippen LogP contribution in [-0.4, -0.2) is 5.78 Å². The first kappa shape index (κ1) is 10.7. The fourth-order valence-corrected chi connectivity index (χ4v) is 2.28. The van der Waals surface area contributed by atoms with E-state index < -0.39 is 5.38 Å². The molecule has 1 rings (SSSR count). The predicted octanol–water partition coefficient (Wildman–Crippen LogP) is 3.63. The van der Waals surface area contributed by atoms with Crippen molar-refractivity contribution >= 4 is 33.3 Å². The lowest BCUT2D eigenvalue weighted by Gasteiger charge is -2.11. The molecule has 0 aliphatic rings. The van der Waals surface area contributed by atoms with Gasteiger partial charge in [-0.3, -0.25) is 4.79 Å². The normalized spacial score (nSPS) is 12.6. The topological polar surface area (TPSA) is 17.1 Å². The molecule has 13 heavy (non-hydrogen) atoms. The summed E-state index contributed by atoms with van der Waals surface area (Å²) in [6, 6.07) is 5.76. The van der Waals surface area contributed by atoms with Gasteiger partial charge in [0, 0.05) is 4.47 Å². The van der Waals surface area contributed by atoms with Crippen molar-refractivity contribution in [1.82, 2.24) is 0 Å². The van der Waals surface area contributed by atoms with Crippen molar-refractivity contribution in [3.8, 4) is 0 Å². The van der Waals surface area contributed by atoms with Crippen LogP contribution in [0.3, 0.4) is 0 Å². The van der Waals surface area contributed by atoms with Crippen LogP contribution in [0.25, 0.3) is 0 Å². The van der Waals surface area contributed by atoms with Crippen LogP contribution in [0.1, 0.15) is 23.4 Å². The number of hydrogen-bond acceptors (Lipinski definition) is 1. The number of aryl methyl sites for hydroxylation is 1. The van der Waals surface area contributed by atoms with Gasteiger partial charge in [-0.05, 0) is 31.0 Å². The second kappa shape index (κ2) is 4.25. The maximum Gasteiger partial charge on any atom is 0.152 e. The molecule has 1 unspecified atom stereocenters. The summed E-state index contributed by atoms with van der Waals surface area (Å²) in [5, 5.41) is -0.546. The van der Waals surface area contributed by atoms with Crippen LogP contribution in [0.2, 0.25) is 0 Å². The monoisotopic (exact) mass is 260 g/mol. The van der Waals surface area contributed by atoms with Gasteiger partial charge in [0.1, 0.15) is 5.38 Å². The Balaban J connectivity index is 3.20. The van der Waals surface area contributed by atoms with Crippen molar-refractivity contribution in [3.63, 3.8) is 0 Å². The van der Waals surface area contributed by atoms with E-state index in [4.69, 9.17) is 11.6 Å². The van der Waals surface area contributed by atoms with Gasteiger partial charge in [-0.25, -0.2) is 0 Å². The summed E-state index contributed by atoms with van der Waals surface area (Å²) in [5.74, 6) is -0.0309. The molecule has 0 amide bonds. The Labute approximate surface area is 91.2 Å². The van der Waals surface area contributed by atoms with Gasteiger partial charge in [0.2, 0.25) is 0 Å². The van der Waals surface area contributed by atoms with E-state index in [0.29, 0.717) is 0 Å². The van der Waals surface area contributed by atoms with Crippen molar-refractivity contribution in [3.05, 3.63) is 33.8 Å². The van der Waals surface area contributed by atoms with Crippen LogP contribution < -0.4 is 0 Å². The number of carbonyl (C=O) groups is 1. The van der Waals surface area contributed by atoms with Crippen molar-refractivity contribution < 1.29 is 4.79 Å². The maximum atomic E-state index is 11.1. The number of halogens is 2. The molecule has 0 bridgehead atoms. The van der Waals surface area contributed by atoms with E-state index in [-0.39, 0.29) is 5.78 Å². The summed E-state index contributed by atoms with van der Waals surface area (Å²) in [6.45, 7) is 3.44. The first-order chi connectivity index (χ1) is 6.04. The molecule has 0 spiro atoms. The Kier molecular flexibility index (Phi) is 3.51. The molecule has 0 radical (unpaired) electrons. The molecule has 0 aliphatic carbocycles. The third kappa shape index (κ3) is 2.32. The molecule has 1 aromatic carbocycles. The minimum absolute atomic E-state index is 0.0309. The lowest BCUT2D eigenvalue weighted by molar-refractivity contribution is -0.116. The minimum Gasteiger partial charge on any atom is -0.298 e. The highest BCUT2D eigenvalue weighted by atomic mass is 79.9. The number of alkyl halides is 1. The van der Waals surface area contributed by atoms with Crippen LogP contribution in [0.5, 0.6) is 0 Å². The molecule has 1 atom stereocenters. The highest BCUT2D eigenvalue weighted by molar-refractivity contribution is 9.10. The Morgan fingerprint density at radius 3 is 2.62 bits per heavy atom. The molecule has 0 fully saturated rings. The Morgan fingerprint density at radius 1 is 1.54 bits per heavy atom. The molecule has 70 valence electrons. The number of benzene rings is 1. The molecule has 1 aromatic rings. The molecule has 0 N–H and O–H groups in total. The molecular formula is C10H10BrClO. The van der Waals surface area contributed by atoms with Gasteiger partial charge < -0.3 is 0 Å². The second-order valence-electron chi connectivity index (χ2n) is 2.94. The summed E-state index contributed by atoms with van der Waals surface area (Å²) in [5.41, 5.74) is 1.90. The van der Waals surface area contributed by atoms with Crippen molar-refractivity contribution in [2.45, 2.75) is 19.2 Å². The lowest BCUT2D eigenvalue weighted by atomic mass is 10.0. The maximum absolute atomic E-state index is 11.1. The van der Waals surface area contributed by atoms with Gasteiger partial charge in [0.25, 0.3) is 0 Å². The van der Waals surface area contributed by atoms with E-state index >= 15 is 0 Å². The summed E-state index contributed by atoms with van der Waals surface area (Å²) >= 11 is 9.35. The van der Waals surface area contributed by atoms with E-state index in [1.807, 2.05) is 25.1 Å². The average Bonchev–Trinajstić information content (AvgIpc) is 2.03. The first-order valence-electron chi connectivity index (χ1n) is 3.93. The number of hydrogen-bond donors (Lipinski definition) is 0. The van der Waals surface area contributed by atoms with Gasteiger partial charge >= 0.3 is 0 Å². The van der Waals surface area contributed by atoms with Gasteiger partial charge in [0.05, 0.1) is 0 Å².